The van der Waals surface area contributed by atoms with E-state index in [1.165, 1.54) is 0 Å². The number of aromatic amines is 1. The van der Waals surface area contributed by atoms with Crippen molar-refractivity contribution in [3.05, 3.63) is 35.9 Å². The molecule has 0 aliphatic carbocycles. The summed E-state index contributed by atoms with van der Waals surface area (Å²) >= 11 is 0. The second-order valence-corrected chi connectivity index (χ2v) is 5.39. The van der Waals surface area contributed by atoms with E-state index in [0.717, 1.165) is 37.2 Å². The van der Waals surface area contributed by atoms with E-state index in [9.17, 15) is 4.79 Å². The zero-order chi connectivity index (χ0) is 13.9. The van der Waals surface area contributed by atoms with Gasteiger partial charge in [0.15, 0.2) is 0 Å². The van der Waals surface area contributed by atoms with Gasteiger partial charge in [-0.2, -0.15) is 10.2 Å². The number of aryl methyl sites for hydroxylation is 1. The lowest BCUT2D eigenvalue weighted by Crippen LogP contribution is -2.40. The molecule has 0 spiro atoms. The van der Waals surface area contributed by atoms with E-state index in [1.807, 2.05) is 24.2 Å². The molecule has 0 unspecified atom stereocenters. The molecule has 0 aromatic carbocycles. The molecule has 6 nitrogen and oxygen atoms in total. The van der Waals surface area contributed by atoms with Crippen LogP contribution in [0.4, 0.5) is 0 Å². The smallest absolute Gasteiger partial charge is 0.227 e. The van der Waals surface area contributed by atoms with Crippen LogP contribution in [0.25, 0.3) is 0 Å². The fourth-order valence-corrected chi connectivity index (χ4v) is 2.80. The Morgan fingerprint density at radius 1 is 1.55 bits per heavy atom. The zero-order valence-electron chi connectivity index (χ0n) is 11.6. The Labute approximate surface area is 117 Å². The fourth-order valence-electron chi connectivity index (χ4n) is 2.80. The third-order valence-corrected chi connectivity index (χ3v) is 3.85. The number of amides is 1. The molecule has 1 aliphatic rings. The average Bonchev–Trinajstić information content (AvgIpc) is 3.11. The Morgan fingerprint density at radius 3 is 3.15 bits per heavy atom. The van der Waals surface area contributed by atoms with E-state index < -0.39 is 0 Å². The first kappa shape index (κ1) is 12.9. The van der Waals surface area contributed by atoms with Gasteiger partial charge in [-0.15, -0.1) is 0 Å². The summed E-state index contributed by atoms with van der Waals surface area (Å²) in [6.45, 7) is 1.63. The van der Waals surface area contributed by atoms with Crippen LogP contribution in [0.5, 0.6) is 0 Å². The molecule has 106 valence electrons. The molecule has 1 amide bonds. The Hall–Kier alpha value is -2.11. The number of carbonyl (C=O) groups is 1. The Bertz CT molecular complexity index is 574. The van der Waals surface area contributed by atoms with Crippen LogP contribution in [0, 0.1) is 0 Å². The van der Waals surface area contributed by atoms with Crippen molar-refractivity contribution in [2.24, 2.45) is 7.05 Å². The van der Waals surface area contributed by atoms with E-state index in [0.29, 0.717) is 12.3 Å². The van der Waals surface area contributed by atoms with Crippen molar-refractivity contribution < 1.29 is 4.79 Å². The monoisotopic (exact) mass is 273 g/mol. The van der Waals surface area contributed by atoms with Crippen LogP contribution in [0.1, 0.15) is 30.0 Å². The lowest BCUT2D eigenvalue weighted by atomic mass is 9.94. The number of carbonyl (C=O) groups excluding carboxylic acids is 1. The van der Waals surface area contributed by atoms with Gasteiger partial charge in [0.1, 0.15) is 0 Å². The normalized spacial score (nSPS) is 19.2. The quantitative estimate of drug-likeness (QED) is 0.910. The molecule has 1 aliphatic heterocycles. The number of aromatic nitrogens is 4. The molecule has 1 fully saturated rings. The summed E-state index contributed by atoms with van der Waals surface area (Å²) in [4.78, 5) is 14.3. The number of likely N-dealkylation sites (tertiary alicyclic amines) is 1. The molecule has 1 N–H and O–H groups in total. The van der Waals surface area contributed by atoms with Gasteiger partial charge in [-0.1, -0.05) is 0 Å². The van der Waals surface area contributed by atoms with Crippen molar-refractivity contribution in [1.82, 2.24) is 24.9 Å². The van der Waals surface area contributed by atoms with E-state index >= 15 is 0 Å². The van der Waals surface area contributed by atoms with E-state index in [4.69, 9.17) is 0 Å². The molecule has 0 bridgehead atoms. The minimum absolute atomic E-state index is 0.183. The molecule has 1 atom stereocenters. The highest BCUT2D eigenvalue weighted by atomic mass is 16.2. The van der Waals surface area contributed by atoms with E-state index in [2.05, 4.69) is 15.3 Å². The van der Waals surface area contributed by atoms with E-state index in [1.54, 1.807) is 17.1 Å². The Morgan fingerprint density at radius 2 is 2.45 bits per heavy atom. The molecule has 1 saturated heterocycles. The highest BCUT2D eigenvalue weighted by Gasteiger charge is 2.25. The van der Waals surface area contributed by atoms with E-state index in [-0.39, 0.29) is 5.91 Å². The molecule has 2 aromatic rings. The molecule has 6 heteroatoms. The van der Waals surface area contributed by atoms with Gasteiger partial charge in [-0.25, -0.2) is 0 Å². The first-order valence-electron chi connectivity index (χ1n) is 6.97. The Kier molecular flexibility index (Phi) is 3.54. The minimum Gasteiger partial charge on any atom is -0.342 e. The molecule has 0 saturated carbocycles. The number of hydrogen-bond acceptors (Lipinski definition) is 3. The highest BCUT2D eigenvalue weighted by molar-refractivity contribution is 5.78. The topological polar surface area (TPSA) is 66.8 Å². The van der Waals surface area contributed by atoms with Gasteiger partial charge in [-0.3, -0.25) is 14.6 Å². The van der Waals surface area contributed by atoms with Crippen molar-refractivity contribution in [1.29, 1.82) is 0 Å². The number of H-pyrrole nitrogens is 1. The molecule has 0 radical (unpaired) electrons. The van der Waals surface area contributed by atoms with Gasteiger partial charge >= 0.3 is 0 Å². The second-order valence-electron chi connectivity index (χ2n) is 5.39. The van der Waals surface area contributed by atoms with Gasteiger partial charge in [-0.05, 0) is 24.5 Å². The predicted molar refractivity (Wildman–Crippen MR) is 74.1 cm³/mol. The van der Waals surface area contributed by atoms with Crippen LogP contribution in [0.3, 0.4) is 0 Å². The Balaban J connectivity index is 1.63. The maximum atomic E-state index is 12.4. The molecular formula is C14H19N5O. The van der Waals surface area contributed by atoms with Crippen LogP contribution in [-0.2, 0) is 18.3 Å². The first-order valence-corrected chi connectivity index (χ1v) is 6.97. The van der Waals surface area contributed by atoms with Gasteiger partial charge in [0.05, 0.1) is 12.6 Å². The van der Waals surface area contributed by atoms with Crippen molar-refractivity contribution in [2.75, 3.05) is 13.1 Å². The van der Waals surface area contributed by atoms with Crippen LogP contribution in [0.15, 0.2) is 24.7 Å². The standard InChI is InChI=1S/C14H19N5O/c1-18-9-11(8-16-18)7-14(20)19-6-2-3-12(10-19)13-4-5-15-17-13/h4-5,8-9,12H,2-3,6-7,10H2,1H3,(H,15,17)/t12-/m1/s1. The van der Waals surface area contributed by atoms with Crippen LogP contribution in [-0.4, -0.2) is 43.9 Å². The maximum absolute atomic E-state index is 12.4. The van der Waals surface area contributed by atoms with Crippen molar-refractivity contribution in [2.45, 2.75) is 25.2 Å². The largest absolute Gasteiger partial charge is 0.342 e. The number of nitrogens with zero attached hydrogens (tertiary/aromatic N) is 4. The minimum atomic E-state index is 0.183. The zero-order valence-corrected chi connectivity index (χ0v) is 11.6. The summed E-state index contributed by atoms with van der Waals surface area (Å²) in [6, 6.07) is 2.00. The summed E-state index contributed by atoms with van der Waals surface area (Å²) in [6.07, 6.45) is 8.01. The van der Waals surface area contributed by atoms with Gasteiger partial charge in [0, 0.05) is 44.1 Å². The highest BCUT2D eigenvalue weighted by Crippen LogP contribution is 2.25. The number of hydrogen-bond donors (Lipinski definition) is 1. The second kappa shape index (κ2) is 5.48. The van der Waals surface area contributed by atoms with Crippen LogP contribution in [0.2, 0.25) is 0 Å². The van der Waals surface area contributed by atoms with Crippen LogP contribution < -0.4 is 0 Å². The summed E-state index contributed by atoms with van der Waals surface area (Å²) in [7, 11) is 1.86. The number of nitrogens with one attached hydrogen (secondary N) is 1. The fraction of sp³-hybridized carbons (Fsp3) is 0.500. The molecule has 3 heterocycles. The third kappa shape index (κ3) is 2.74. The van der Waals surface area contributed by atoms with Gasteiger partial charge in [0.2, 0.25) is 5.91 Å². The molecular weight excluding hydrogens is 254 g/mol. The lowest BCUT2D eigenvalue weighted by molar-refractivity contribution is -0.131. The van der Waals surface area contributed by atoms with Gasteiger partial charge in [0.25, 0.3) is 0 Å². The predicted octanol–water partition coefficient (Wildman–Crippen LogP) is 1.09. The summed E-state index contributed by atoms with van der Waals surface area (Å²) in [5, 5.41) is 11.1. The average molecular weight is 273 g/mol. The van der Waals surface area contributed by atoms with Gasteiger partial charge < -0.3 is 4.90 Å². The SMILES string of the molecule is Cn1cc(CC(=O)N2CCC[C@@H](c3ccn[nH]3)C2)cn1. The summed E-state index contributed by atoms with van der Waals surface area (Å²) in [5.41, 5.74) is 2.10. The third-order valence-electron chi connectivity index (χ3n) is 3.85. The first-order chi connectivity index (χ1) is 9.72. The molecule has 3 rings (SSSR count). The molecule has 20 heavy (non-hydrogen) atoms. The number of piperidine rings is 1. The van der Waals surface area contributed by atoms with Crippen molar-refractivity contribution >= 4 is 5.91 Å². The lowest BCUT2D eigenvalue weighted by Gasteiger charge is -2.32. The van der Waals surface area contributed by atoms with Crippen molar-refractivity contribution in [3.8, 4) is 0 Å². The molecule has 2 aromatic heterocycles. The van der Waals surface area contributed by atoms with Crippen LogP contribution >= 0.6 is 0 Å². The summed E-state index contributed by atoms with van der Waals surface area (Å²) < 4.78 is 1.73. The summed E-state index contributed by atoms with van der Waals surface area (Å²) in [5.74, 6) is 0.561. The number of rotatable bonds is 3. The van der Waals surface area contributed by atoms with Crippen molar-refractivity contribution in [3.63, 3.8) is 0 Å². The maximum Gasteiger partial charge on any atom is 0.227 e.